The van der Waals surface area contributed by atoms with Crippen LogP contribution in [0.2, 0.25) is 0 Å². The van der Waals surface area contributed by atoms with E-state index in [0.29, 0.717) is 19.8 Å². The zero-order valence-electron chi connectivity index (χ0n) is 13.1. The maximum absolute atomic E-state index is 12.5. The average molecular weight is 291 g/mol. The lowest BCUT2D eigenvalue weighted by Gasteiger charge is -2.20. The van der Waals surface area contributed by atoms with Crippen molar-refractivity contribution in [1.29, 1.82) is 0 Å². The highest BCUT2D eigenvalue weighted by molar-refractivity contribution is 5.85. The van der Waals surface area contributed by atoms with Crippen molar-refractivity contribution in [2.75, 3.05) is 40.4 Å². The standard InChI is InChI=1S/C16H25N3O2/c1-13-17-15(14-7-5-4-6-8-14)16(20)19(13)10-12-21-11-9-18(2)3/h4-8,13,15,17H,9-12H2,1-3H3. The molecule has 1 amide bonds. The number of likely N-dealkylation sites (N-methyl/N-ethyl adjacent to an activating group) is 1. The van der Waals surface area contributed by atoms with Gasteiger partial charge in [0.15, 0.2) is 0 Å². The Bertz CT molecular complexity index is 450. The molecule has 1 aliphatic heterocycles. The van der Waals surface area contributed by atoms with Crippen LogP contribution in [0.3, 0.4) is 0 Å². The van der Waals surface area contributed by atoms with Crippen LogP contribution in [0.4, 0.5) is 0 Å². The van der Waals surface area contributed by atoms with Crippen LogP contribution in [-0.4, -0.2) is 62.3 Å². The van der Waals surface area contributed by atoms with E-state index in [0.717, 1.165) is 12.1 Å². The molecule has 1 heterocycles. The van der Waals surface area contributed by atoms with E-state index < -0.39 is 0 Å². The Morgan fingerprint density at radius 3 is 2.62 bits per heavy atom. The Hall–Kier alpha value is -1.43. The third-order valence-electron chi connectivity index (χ3n) is 3.70. The lowest BCUT2D eigenvalue weighted by atomic mass is 10.1. The smallest absolute Gasteiger partial charge is 0.245 e. The summed E-state index contributed by atoms with van der Waals surface area (Å²) >= 11 is 0. The van der Waals surface area contributed by atoms with E-state index in [1.54, 1.807) is 0 Å². The van der Waals surface area contributed by atoms with Crippen LogP contribution in [0.25, 0.3) is 0 Å². The van der Waals surface area contributed by atoms with E-state index in [1.165, 1.54) is 0 Å². The molecule has 0 saturated carbocycles. The molecule has 1 aliphatic rings. The van der Waals surface area contributed by atoms with Crippen LogP contribution in [0, 0.1) is 0 Å². The summed E-state index contributed by atoms with van der Waals surface area (Å²) in [4.78, 5) is 16.4. The number of rotatable bonds is 7. The Morgan fingerprint density at radius 2 is 1.95 bits per heavy atom. The van der Waals surface area contributed by atoms with Crippen LogP contribution < -0.4 is 5.32 Å². The molecule has 0 aliphatic carbocycles. The second-order valence-electron chi connectivity index (χ2n) is 5.63. The number of nitrogens with zero attached hydrogens (tertiary/aromatic N) is 2. The molecule has 0 bridgehead atoms. The van der Waals surface area contributed by atoms with Gasteiger partial charge in [0.2, 0.25) is 5.91 Å². The molecule has 2 rings (SSSR count). The van der Waals surface area contributed by atoms with Crippen LogP contribution in [0.5, 0.6) is 0 Å². The summed E-state index contributed by atoms with van der Waals surface area (Å²) in [6, 6.07) is 9.62. The normalized spacial score (nSPS) is 22.3. The SMILES string of the molecule is CC1NC(c2ccccc2)C(=O)N1CCOCCN(C)C. The first-order chi connectivity index (χ1) is 10.1. The van der Waals surface area contributed by atoms with Gasteiger partial charge in [-0.1, -0.05) is 30.3 Å². The number of carbonyl (C=O) groups is 1. The van der Waals surface area contributed by atoms with Gasteiger partial charge in [0.05, 0.1) is 19.4 Å². The molecule has 1 aromatic rings. The third kappa shape index (κ3) is 4.27. The van der Waals surface area contributed by atoms with Crippen molar-refractivity contribution in [3.8, 4) is 0 Å². The molecule has 2 unspecified atom stereocenters. The summed E-state index contributed by atoms with van der Waals surface area (Å²) in [5.74, 6) is 0.130. The lowest BCUT2D eigenvalue weighted by molar-refractivity contribution is -0.130. The third-order valence-corrected chi connectivity index (χ3v) is 3.70. The van der Waals surface area contributed by atoms with Crippen LogP contribution in [0.15, 0.2) is 30.3 Å². The van der Waals surface area contributed by atoms with Gasteiger partial charge in [0, 0.05) is 13.1 Å². The van der Waals surface area contributed by atoms with Gasteiger partial charge < -0.3 is 14.5 Å². The number of benzene rings is 1. The minimum absolute atomic E-state index is 0.0418. The van der Waals surface area contributed by atoms with Crippen molar-refractivity contribution in [2.45, 2.75) is 19.1 Å². The molecule has 116 valence electrons. The summed E-state index contributed by atoms with van der Waals surface area (Å²) in [5, 5.41) is 3.34. The van der Waals surface area contributed by atoms with Gasteiger partial charge in [-0.15, -0.1) is 0 Å². The Kier molecular flexibility index (Phi) is 5.73. The quantitative estimate of drug-likeness (QED) is 0.764. The molecule has 1 saturated heterocycles. The Morgan fingerprint density at radius 1 is 1.24 bits per heavy atom. The van der Waals surface area contributed by atoms with E-state index in [2.05, 4.69) is 10.2 Å². The van der Waals surface area contributed by atoms with Crippen molar-refractivity contribution in [3.63, 3.8) is 0 Å². The molecule has 1 aromatic carbocycles. The van der Waals surface area contributed by atoms with E-state index in [-0.39, 0.29) is 18.1 Å². The van der Waals surface area contributed by atoms with Gasteiger partial charge in [0.1, 0.15) is 6.04 Å². The fourth-order valence-corrected chi connectivity index (χ4v) is 2.46. The minimum atomic E-state index is -0.233. The maximum Gasteiger partial charge on any atom is 0.245 e. The van der Waals surface area contributed by atoms with Gasteiger partial charge in [-0.2, -0.15) is 0 Å². The Labute approximate surface area is 126 Å². The number of nitrogens with one attached hydrogen (secondary N) is 1. The second kappa shape index (κ2) is 7.54. The van der Waals surface area contributed by atoms with Crippen molar-refractivity contribution < 1.29 is 9.53 Å². The van der Waals surface area contributed by atoms with Crippen LogP contribution in [0.1, 0.15) is 18.5 Å². The summed E-state index contributed by atoms with van der Waals surface area (Å²) in [6.07, 6.45) is 0.0418. The van der Waals surface area contributed by atoms with E-state index >= 15 is 0 Å². The summed E-state index contributed by atoms with van der Waals surface area (Å²) in [6.45, 7) is 4.81. The topological polar surface area (TPSA) is 44.8 Å². The molecule has 0 aromatic heterocycles. The summed E-state index contributed by atoms with van der Waals surface area (Å²) in [7, 11) is 4.04. The van der Waals surface area contributed by atoms with Gasteiger partial charge in [-0.25, -0.2) is 0 Å². The molecule has 2 atom stereocenters. The van der Waals surface area contributed by atoms with Crippen molar-refractivity contribution in [3.05, 3.63) is 35.9 Å². The number of amides is 1. The molecule has 0 spiro atoms. The molecule has 1 N–H and O–H groups in total. The number of hydrogen-bond acceptors (Lipinski definition) is 4. The number of hydrogen-bond donors (Lipinski definition) is 1. The predicted octanol–water partition coefficient (Wildman–Crippen LogP) is 1.08. The van der Waals surface area contributed by atoms with Crippen LogP contribution >= 0.6 is 0 Å². The highest BCUT2D eigenvalue weighted by Crippen LogP contribution is 2.23. The van der Waals surface area contributed by atoms with Crippen molar-refractivity contribution in [2.24, 2.45) is 0 Å². The zero-order valence-corrected chi connectivity index (χ0v) is 13.1. The Balaban J connectivity index is 1.83. The first kappa shape index (κ1) is 15.9. The maximum atomic E-state index is 12.5. The van der Waals surface area contributed by atoms with Gasteiger partial charge in [0.25, 0.3) is 0 Å². The molecule has 1 fully saturated rings. The van der Waals surface area contributed by atoms with E-state index in [4.69, 9.17) is 4.74 Å². The molecule has 5 nitrogen and oxygen atoms in total. The van der Waals surface area contributed by atoms with Gasteiger partial charge in [-0.05, 0) is 26.6 Å². The number of ether oxygens (including phenoxy) is 1. The molecular weight excluding hydrogens is 266 g/mol. The lowest BCUT2D eigenvalue weighted by Crippen LogP contribution is -2.37. The van der Waals surface area contributed by atoms with Gasteiger partial charge in [-0.3, -0.25) is 10.1 Å². The molecule has 5 heteroatoms. The number of carbonyl (C=O) groups excluding carboxylic acids is 1. The van der Waals surface area contributed by atoms with E-state index in [1.807, 2.05) is 56.3 Å². The minimum Gasteiger partial charge on any atom is -0.378 e. The predicted molar refractivity (Wildman–Crippen MR) is 82.9 cm³/mol. The molecular formula is C16H25N3O2. The van der Waals surface area contributed by atoms with Crippen molar-refractivity contribution >= 4 is 5.91 Å². The fourth-order valence-electron chi connectivity index (χ4n) is 2.46. The fraction of sp³-hybridized carbons (Fsp3) is 0.562. The van der Waals surface area contributed by atoms with Gasteiger partial charge >= 0.3 is 0 Å². The second-order valence-corrected chi connectivity index (χ2v) is 5.63. The summed E-state index contributed by atoms with van der Waals surface area (Å²) < 4.78 is 5.58. The summed E-state index contributed by atoms with van der Waals surface area (Å²) in [5.41, 5.74) is 1.02. The molecule has 21 heavy (non-hydrogen) atoms. The average Bonchev–Trinajstić information content (AvgIpc) is 2.75. The highest BCUT2D eigenvalue weighted by Gasteiger charge is 2.36. The monoisotopic (exact) mass is 291 g/mol. The van der Waals surface area contributed by atoms with E-state index in [9.17, 15) is 4.79 Å². The first-order valence-corrected chi connectivity index (χ1v) is 7.43. The van der Waals surface area contributed by atoms with Crippen LogP contribution in [-0.2, 0) is 9.53 Å². The highest BCUT2D eigenvalue weighted by atomic mass is 16.5. The molecule has 0 radical (unpaired) electrons. The van der Waals surface area contributed by atoms with Crippen molar-refractivity contribution in [1.82, 2.24) is 15.1 Å². The largest absolute Gasteiger partial charge is 0.378 e. The first-order valence-electron chi connectivity index (χ1n) is 7.43. The zero-order chi connectivity index (χ0) is 15.2.